The van der Waals surface area contributed by atoms with Crippen molar-refractivity contribution in [3.05, 3.63) is 108 Å². The number of ether oxygens (including phenoxy) is 6. The standard InChI is InChI=1S/C31H32O8/c1-34-29(32)26-25-28(37-19-23-15-9-4-10-16-23)27(36-18-22-13-7-3-8-14-22)24(38-31(25)39-30(26)33)20-35-17-21-11-5-2-6-12-21/h2-16,24-28,31H,17-20H2,1H3/t24-,25-,26-,27-,28-,31-/m1/s1. The first-order valence-electron chi connectivity index (χ1n) is 13.0. The maximum atomic E-state index is 12.8. The van der Waals surface area contributed by atoms with Gasteiger partial charge in [0, 0.05) is 0 Å². The summed E-state index contributed by atoms with van der Waals surface area (Å²) < 4.78 is 35.7. The van der Waals surface area contributed by atoms with Gasteiger partial charge in [-0.15, -0.1) is 0 Å². The molecular weight excluding hydrogens is 500 g/mol. The Morgan fingerprint density at radius 2 is 1.26 bits per heavy atom. The van der Waals surface area contributed by atoms with Crippen LogP contribution in [0.2, 0.25) is 0 Å². The van der Waals surface area contributed by atoms with E-state index in [0.29, 0.717) is 6.61 Å². The van der Waals surface area contributed by atoms with Gasteiger partial charge in [0.05, 0.1) is 45.6 Å². The van der Waals surface area contributed by atoms with Crippen molar-refractivity contribution < 1.29 is 38.0 Å². The minimum Gasteiger partial charge on any atom is -0.468 e. The van der Waals surface area contributed by atoms with Gasteiger partial charge in [0.2, 0.25) is 6.29 Å². The van der Waals surface area contributed by atoms with Gasteiger partial charge in [-0.1, -0.05) is 91.0 Å². The molecule has 0 spiro atoms. The number of rotatable bonds is 11. The monoisotopic (exact) mass is 532 g/mol. The Kier molecular flexibility index (Phi) is 9.00. The number of esters is 2. The molecule has 2 aliphatic rings. The van der Waals surface area contributed by atoms with Crippen molar-refractivity contribution in [3.63, 3.8) is 0 Å². The molecule has 2 fully saturated rings. The molecule has 2 saturated heterocycles. The molecule has 0 bridgehead atoms. The van der Waals surface area contributed by atoms with E-state index >= 15 is 0 Å². The topological polar surface area (TPSA) is 89.5 Å². The quantitative estimate of drug-likeness (QED) is 0.270. The highest BCUT2D eigenvalue weighted by molar-refractivity contribution is 5.96. The molecule has 8 heteroatoms. The summed E-state index contributed by atoms with van der Waals surface area (Å²) in [6.45, 7) is 1.08. The third-order valence-electron chi connectivity index (χ3n) is 6.98. The first kappa shape index (κ1) is 27.0. The molecule has 2 aliphatic heterocycles. The normalized spacial score (nSPS) is 26.0. The number of carbonyl (C=O) groups is 2. The van der Waals surface area contributed by atoms with Crippen molar-refractivity contribution >= 4 is 11.9 Å². The maximum absolute atomic E-state index is 12.8. The molecule has 0 saturated carbocycles. The predicted molar refractivity (Wildman–Crippen MR) is 140 cm³/mol. The van der Waals surface area contributed by atoms with Crippen LogP contribution in [0.3, 0.4) is 0 Å². The van der Waals surface area contributed by atoms with Gasteiger partial charge in [0.25, 0.3) is 0 Å². The molecule has 0 radical (unpaired) electrons. The second kappa shape index (κ2) is 13.0. The van der Waals surface area contributed by atoms with E-state index in [-0.39, 0.29) is 19.8 Å². The van der Waals surface area contributed by atoms with E-state index < -0.39 is 48.4 Å². The van der Waals surface area contributed by atoms with Gasteiger partial charge >= 0.3 is 11.9 Å². The van der Waals surface area contributed by atoms with Gasteiger partial charge in [-0.3, -0.25) is 9.59 Å². The number of methoxy groups -OCH3 is 1. The fourth-order valence-corrected chi connectivity index (χ4v) is 5.05. The van der Waals surface area contributed by atoms with Gasteiger partial charge < -0.3 is 28.4 Å². The highest BCUT2D eigenvalue weighted by atomic mass is 16.7. The van der Waals surface area contributed by atoms with E-state index in [4.69, 9.17) is 28.4 Å². The number of fused-ring (bicyclic) bond motifs is 1. The fraction of sp³-hybridized carbons (Fsp3) is 0.355. The van der Waals surface area contributed by atoms with Crippen LogP contribution >= 0.6 is 0 Å². The van der Waals surface area contributed by atoms with Crippen LogP contribution in [-0.2, 0) is 57.8 Å². The number of hydrogen-bond acceptors (Lipinski definition) is 8. The Balaban J connectivity index is 1.41. The van der Waals surface area contributed by atoms with E-state index in [2.05, 4.69) is 0 Å². The lowest BCUT2D eigenvalue weighted by Gasteiger charge is -2.43. The molecule has 3 aromatic carbocycles. The Morgan fingerprint density at radius 1 is 0.744 bits per heavy atom. The third kappa shape index (κ3) is 6.54. The highest BCUT2D eigenvalue weighted by Gasteiger charge is 2.60. The van der Waals surface area contributed by atoms with Crippen LogP contribution in [0.25, 0.3) is 0 Å². The summed E-state index contributed by atoms with van der Waals surface area (Å²) in [6.07, 6.45) is -2.99. The second-order valence-electron chi connectivity index (χ2n) is 9.58. The molecule has 6 atom stereocenters. The van der Waals surface area contributed by atoms with Crippen LogP contribution in [0.4, 0.5) is 0 Å². The summed E-state index contributed by atoms with van der Waals surface area (Å²) in [5.41, 5.74) is 2.93. The van der Waals surface area contributed by atoms with Gasteiger partial charge in [-0.05, 0) is 16.7 Å². The second-order valence-corrected chi connectivity index (χ2v) is 9.58. The zero-order chi connectivity index (χ0) is 27.0. The van der Waals surface area contributed by atoms with E-state index in [9.17, 15) is 9.59 Å². The molecule has 0 aromatic heterocycles. The average Bonchev–Trinajstić information content (AvgIpc) is 3.31. The van der Waals surface area contributed by atoms with Crippen LogP contribution in [0.15, 0.2) is 91.0 Å². The lowest BCUT2D eigenvalue weighted by molar-refractivity contribution is -0.282. The summed E-state index contributed by atoms with van der Waals surface area (Å²) >= 11 is 0. The van der Waals surface area contributed by atoms with Crippen molar-refractivity contribution in [1.29, 1.82) is 0 Å². The van der Waals surface area contributed by atoms with Gasteiger partial charge in [-0.2, -0.15) is 0 Å². The zero-order valence-electron chi connectivity index (χ0n) is 21.7. The van der Waals surface area contributed by atoms with Crippen LogP contribution in [-0.4, -0.2) is 50.3 Å². The van der Waals surface area contributed by atoms with Crippen molar-refractivity contribution in [3.8, 4) is 0 Å². The van der Waals surface area contributed by atoms with E-state index in [1.165, 1.54) is 7.11 Å². The van der Waals surface area contributed by atoms with Gasteiger partial charge in [0.15, 0.2) is 5.92 Å². The molecule has 2 heterocycles. The Hall–Kier alpha value is -3.56. The third-order valence-corrected chi connectivity index (χ3v) is 6.98. The Morgan fingerprint density at radius 3 is 1.79 bits per heavy atom. The molecule has 0 amide bonds. The SMILES string of the molecule is COC(=O)[C@@H]1C(=O)O[C@H]2O[C@H](COCc3ccccc3)[C@@H](OCc3ccccc3)[C@H](OCc3ccccc3)[C@H]21. The lowest BCUT2D eigenvalue weighted by Crippen LogP contribution is -2.58. The largest absolute Gasteiger partial charge is 0.468 e. The molecule has 204 valence electrons. The van der Waals surface area contributed by atoms with E-state index in [1.54, 1.807) is 0 Å². The van der Waals surface area contributed by atoms with Gasteiger partial charge in [0.1, 0.15) is 12.2 Å². The summed E-state index contributed by atoms with van der Waals surface area (Å²) in [7, 11) is 1.25. The maximum Gasteiger partial charge on any atom is 0.323 e. The van der Waals surface area contributed by atoms with Crippen LogP contribution in [0.5, 0.6) is 0 Å². The number of hydrogen-bond donors (Lipinski definition) is 0. The minimum absolute atomic E-state index is 0.170. The van der Waals surface area contributed by atoms with Crippen molar-refractivity contribution in [2.24, 2.45) is 11.8 Å². The fourth-order valence-electron chi connectivity index (χ4n) is 5.05. The molecular formula is C31H32O8. The van der Waals surface area contributed by atoms with Crippen LogP contribution in [0, 0.1) is 11.8 Å². The molecule has 0 unspecified atom stereocenters. The highest BCUT2D eigenvalue weighted by Crippen LogP contribution is 2.42. The summed E-state index contributed by atoms with van der Waals surface area (Å²) in [5, 5.41) is 0. The molecule has 5 rings (SSSR count). The molecule has 0 aliphatic carbocycles. The van der Waals surface area contributed by atoms with Gasteiger partial charge in [-0.25, -0.2) is 0 Å². The van der Waals surface area contributed by atoms with Crippen molar-refractivity contribution in [1.82, 2.24) is 0 Å². The summed E-state index contributed by atoms with van der Waals surface area (Å²) in [4.78, 5) is 25.5. The molecule has 3 aromatic rings. The minimum atomic E-state index is -1.19. The Bertz CT molecular complexity index is 1200. The number of carbonyl (C=O) groups excluding carboxylic acids is 2. The zero-order valence-corrected chi connectivity index (χ0v) is 21.7. The number of benzene rings is 3. The first-order valence-corrected chi connectivity index (χ1v) is 13.0. The van der Waals surface area contributed by atoms with Crippen molar-refractivity contribution in [2.75, 3.05) is 13.7 Å². The van der Waals surface area contributed by atoms with Crippen LogP contribution < -0.4 is 0 Å². The molecule has 0 N–H and O–H groups in total. The van der Waals surface area contributed by atoms with E-state index in [0.717, 1.165) is 16.7 Å². The predicted octanol–water partition coefficient (Wildman–Crippen LogP) is 4.06. The summed E-state index contributed by atoms with van der Waals surface area (Å²) in [6, 6.07) is 29.2. The smallest absolute Gasteiger partial charge is 0.323 e. The average molecular weight is 533 g/mol. The summed E-state index contributed by atoms with van der Waals surface area (Å²) in [5.74, 6) is -3.32. The molecule has 39 heavy (non-hydrogen) atoms. The van der Waals surface area contributed by atoms with Crippen molar-refractivity contribution in [2.45, 2.75) is 44.4 Å². The molecule has 8 nitrogen and oxygen atoms in total. The lowest BCUT2D eigenvalue weighted by atomic mass is 9.82. The Labute approximate surface area is 227 Å². The van der Waals surface area contributed by atoms with Crippen LogP contribution in [0.1, 0.15) is 16.7 Å². The van der Waals surface area contributed by atoms with E-state index in [1.807, 2.05) is 91.0 Å². The first-order chi connectivity index (χ1) is 19.1.